The van der Waals surface area contributed by atoms with E-state index in [1.54, 1.807) is 0 Å². The van der Waals surface area contributed by atoms with Crippen LogP contribution >= 0.6 is 0 Å². The molecule has 3 aromatic carbocycles. The Kier molecular flexibility index (Phi) is 6.85. The van der Waals surface area contributed by atoms with Gasteiger partial charge in [-0.05, 0) is 55.2 Å². The van der Waals surface area contributed by atoms with Crippen LogP contribution in [0.1, 0.15) is 28.8 Å². The fourth-order valence-corrected chi connectivity index (χ4v) is 3.90. The van der Waals surface area contributed by atoms with Gasteiger partial charge in [0.2, 0.25) is 0 Å². The van der Waals surface area contributed by atoms with E-state index >= 15 is 0 Å². The molecule has 32 heavy (non-hydrogen) atoms. The Morgan fingerprint density at radius 2 is 1.50 bits per heavy atom. The van der Waals surface area contributed by atoms with Gasteiger partial charge in [0.15, 0.2) is 6.61 Å². The molecule has 5 heteroatoms. The highest BCUT2D eigenvalue weighted by atomic mass is 16.5. The molecule has 1 aliphatic heterocycles. The summed E-state index contributed by atoms with van der Waals surface area (Å²) >= 11 is 0. The van der Waals surface area contributed by atoms with Gasteiger partial charge in [0, 0.05) is 24.7 Å². The number of rotatable bonds is 6. The molecule has 0 aliphatic carbocycles. The van der Waals surface area contributed by atoms with E-state index in [4.69, 9.17) is 4.74 Å². The van der Waals surface area contributed by atoms with Gasteiger partial charge in [-0.3, -0.25) is 9.59 Å². The highest BCUT2D eigenvalue weighted by Crippen LogP contribution is 2.22. The summed E-state index contributed by atoms with van der Waals surface area (Å²) in [6.45, 7) is 3.26. The first kappa shape index (κ1) is 21.6. The van der Waals surface area contributed by atoms with E-state index in [2.05, 4.69) is 17.4 Å². The van der Waals surface area contributed by atoms with E-state index in [9.17, 15) is 9.59 Å². The number of likely N-dealkylation sites (tertiary alicyclic amines) is 1. The number of carbonyl (C=O) groups excluding carboxylic acids is 2. The largest absolute Gasteiger partial charge is 0.484 e. The molecule has 0 bridgehead atoms. The Labute approximate surface area is 189 Å². The maximum absolute atomic E-state index is 12.6. The maximum Gasteiger partial charge on any atom is 0.258 e. The number of nitrogens with zero attached hydrogens (tertiary/aromatic N) is 1. The maximum atomic E-state index is 12.6. The molecule has 1 aliphatic rings. The van der Waals surface area contributed by atoms with Crippen LogP contribution in [-0.2, 0) is 4.79 Å². The van der Waals surface area contributed by atoms with Crippen LogP contribution in [0.15, 0.2) is 78.9 Å². The first-order chi connectivity index (χ1) is 15.6. The second-order valence-electron chi connectivity index (χ2n) is 8.18. The third kappa shape index (κ3) is 5.55. The van der Waals surface area contributed by atoms with Gasteiger partial charge in [0.25, 0.3) is 11.8 Å². The number of piperidine rings is 1. The third-order valence-electron chi connectivity index (χ3n) is 5.78. The number of amides is 2. The molecule has 1 saturated heterocycles. The van der Waals surface area contributed by atoms with Crippen molar-refractivity contribution in [2.24, 2.45) is 0 Å². The minimum atomic E-state index is -0.138. The summed E-state index contributed by atoms with van der Waals surface area (Å²) in [6, 6.07) is 25.6. The Hall–Kier alpha value is -3.60. The Morgan fingerprint density at radius 3 is 2.16 bits per heavy atom. The van der Waals surface area contributed by atoms with E-state index in [1.165, 1.54) is 0 Å². The second kappa shape index (κ2) is 10.1. The van der Waals surface area contributed by atoms with Gasteiger partial charge in [-0.1, -0.05) is 60.2 Å². The zero-order valence-electron chi connectivity index (χ0n) is 18.3. The average Bonchev–Trinajstić information content (AvgIpc) is 2.84. The summed E-state index contributed by atoms with van der Waals surface area (Å²) in [4.78, 5) is 26.8. The first-order valence-corrected chi connectivity index (χ1v) is 11.0. The summed E-state index contributed by atoms with van der Waals surface area (Å²) in [5, 5.41) is 3.03. The van der Waals surface area contributed by atoms with E-state index in [0.29, 0.717) is 24.4 Å². The van der Waals surface area contributed by atoms with Crippen molar-refractivity contribution in [3.8, 4) is 16.9 Å². The molecule has 0 aromatic heterocycles. The van der Waals surface area contributed by atoms with Crippen molar-refractivity contribution >= 4 is 11.8 Å². The molecule has 3 aromatic rings. The van der Waals surface area contributed by atoms with Crippen molar-refractivity contribution in [3.63, 3.8) is 0 Å². The van der Waals surface area contributed by atoms with E-state index in [-0.39, 0.29) is 24.5 Å². The van der Waals surface area contributed by atoms with Gasteiger partial charge >= 0.3 is 0 Å². The minimum Gasteiger partial charge on any atom is -0.484 e. The predicted octanol–water partition coefficient (Wildman–Crippen LogP) is 4.46. The highest BCUT2D eigenvalue weighted by molar-refractivity contribution is 5.94. The first-order valence-electron chi connectivity index (χ1n) is 11.0. The number of hydrogen-bond acceptors (Lipinski definition) is 3. The topological polar surface area (TPSA) is 58.6 Å². The lowest BCUT2D eigenvalue weighted by atomic mass is 10.0. The summed E-state index contributed by atoms with van der Waals surface area (Å²) in [5.41, 5.74) is 4.10. The fourth-order valence-electron chi connectivity index (χ4n) is 3.90. The molecule has 0 spiro atoms. The molecule has 0 radical (unpaired) electrons. The molecule has 0 unspecified atom stereocenters. The second-order valence-corrected chi connectivity index (χ2v) is 8.18. The molecular formula is C27H28N2O3. The van der Waals surface area contributed by atoms with Crippen LogP contribution < -0.4 is 10.1 Å². The standard InChI is InChI=1S/C27H28N2O3/c1-20-7-9-23(10-8-20)27(31)29-17-15-24(16-18-29)28-26(30)19-32-25-13-11-22(12-14-25)21-5-3-2-4-6-21/h2-14,24H,15-19H2,1H3,(H,28,30). The normalized spacial score (nSPS) is 14.1. The summed E-state index contributed by atoms with van der Waals surface area (Å²) < 4.78 is 5.65. The van der Waals surface area contributed by atoms with Crippen molar-refractivity contribution in [2.75, 3.05) is 19.7 Å². The molecule has 2 amide bonds. The van der Waals surface area contributed by atoms with Crippen molar-refractivity contribution in [1.29, 1.82) is 0 Å². The SMILES string of the molecule is Cc1ccc(C(=O)N2CCC(NC(=O)COc3ccc(-c4ccccc4)cc3)CC2)cc1. The van der Waals surface area contributed by atoms with Gasteiger partial charge in [-0.15, -0.1) is 0 Å². The van der Waals surface area contributed by atoms with E-state index < -0.39 is 0 Å². The predicted molar refractivity (Wildman–Crippen MR) is 126 cm³/mol. The van der Waals surface area contributed by atoms with Crippen LogP contribution in [0.4, 0.5) is 0 Å². The molecule has 1 heterocycles. The number of benzene rings is 3. The van der Waals surface area contributed by atoms with Crippen LogP contribution in [-0.4, -0.2) is 42.5 Å². The zero-order chi connectivity index (χ0) is 22.3. The molecule has 164 valence electrons. The Balaban J connectivity index is 1.21. The zero-order valence-corrected chi connectivity index (χ0v) is 18.3. The van der Waals surface area contributed by atoms with Gasteiger partial charge in [0.1, 0.15) is 5.75 Å². The Morgan fingerprint density at radius 1 is 0.875 bits per heavy atom. The number of nitrogens with one attached hydrogen (secondary N) is 1. The summed E-state index contributed by atoms with van der Waals surface area (Å²) in [7, 11) is 0. The number of carbonyl (C=O) groups is 2. The molecular weight excluding hydrogens is 400 g/mol. The highest BCUT2D eigenvalue weighted by Gasteiger charge is 2.24. The minimum absolute atomic E-state index is 0.0206. The summed E-state index contributed by atoms with van der Waals surface area (Å²) in [5.74, 6) is 0.579. The Bertz CT molecular complexity index is 1040. The quantitative estimate of drug-likeness (QED) is 0.631. The monoisotopic (exact) mass is 428 g/mol. The van der Waals surface area contributed by atoms with Crippen LogP contribution in [0, 0.1) is 6.92 Å². The van der Waals surface area contributed by atoms with Crippen molar-refractivity contribution < 1.29 is 14.3 Å². The van der Waals surface area contributed by atoms with Gasteiger partial charge < -0.3 is 15.0 Å². The van der Waals surface area contributed by atoms with Crippen molar-refractivity contribution in [3.05, 3.63) is 90.0 Å². The van der Waals surface area contributed by atoms with Crippen LogP contribution in [0.2, 0.25) is 0 Å². The van der Waals surface area contributed by atoms with Crippen LogP contribution in [0.5, 0.6) is 5.75 Å². The van der Waals surface area contributed by atoms with E-state index in [0.717, 1.165) is 29.5 Å². The van der Waals surface area contributed by atoms with Gasteiger partial charge in [0.05, 0.1) is 0 Å². The number of ether oxygens (including phenoxy) is 1. The third-order valence-corrected chi connectivity index (χ3v) is 5.78. The summed E-state index contributed by atoms with van der Waals surface area (Å²) in [6.07, 6.45) is 1.49. The number of hydrogen-bond donors (Lipinski definition) is 1. The molecule has 1 N–H and O–H groups in total. The average molecular weight is 429 g/mol. The molecule has 1 fully saturated rings. The lowest BCUT2D eigenvalue weighted by molar-refractivity contribution is -0.124. The number of aryl methyl sites for hydroxylation is 1. The molecule has 4 rings (SSSR count). The lowest BCUT2D eigenvalue weighted by Gasteiger charge is -2.32. The van der Waals surface area contributed by atoms with E-state index in [1.807, 2.05) is 78.6 Å². The van der Waals surface area contributed by atoms with Crippen LogP contribution in [0.25, 0.3) is 11.1 Å². The van der Waals surface area contributed by atoms with Crippen LogP contribution in [0.3, 0.4) is 0 Å². The molecule has 5 nitrogen and oxygen atoms in total. The van der Waals surface area contributed by atoms with Gasteiger partial charge in [-0.25, -0.2) is 0 Å². The smallest absolute Gasteiger partial charge is 0.258 e. The fraction of sp³-hybridized carbons (Fsp3) is 0.259. The van der Waals surface area contributed by atoms with Crippen molar-refractivity contribution in [1.82, 2.24) is 10.2 Å². The van der Waals surface area contributed by atoms with Crippen molar-refractivity contribution in [2.45, 2.75) is 25.8 Å². The lowest BCUT2D eigenvalue weighted by Crippen LogP contribution is -2.47. The van der Waals surface area contributed by atoms with Gasteiger partial charge in [-0.2, -0.15) is 0 Å². The molecule has 0 saturated carbocycles. The molecule has 0 atom stereocenters.